The number of benzene rings is 1. The van der Waals surface area contributed by atoms with Gasteiger partial charge in [0.25, 0.3) is 0 Å². The van der Waals surface area contributed by atoms with Crippen LogP contribution in [0.15, 0.2) is 28.7 Å². The summed E-state index contributed by atoms with van der Waals surface area (Å²) >= 11 is 3.17. The summed E-state index contributed by atoms with van der Waals surface area (Å²) in [6, 6.07) is 4.07. The molecule has 0 aliphatic rings. The number of nitrogens with zero attached hydrogens (tertiary/aromatic N) is 1. The molecule has 0 radical (unpaired) electrons. The van der Waals surface area contributed by atoms with Crippen LogP contribution in [0.3, 0.4) is 0 Å². The summed E-state index contributed by atoms with van der Waals surface area (Å²) in [4.78, 5) is 4.21. The first-order valence-electron chi connectivity index (χ1n) is 6.39. The topological polar surface area (TPSA) is 74.8 Å². The van der Waals surface area contributed by atoms with Crippen LogP contribution in [-0.2, 0) is 6.42 Å². The Morgan fingerprint density at radius 3 is 2.52 bits per heavy atom. The van der Waals surface area contributed by atoms with Crippen molar-refractivity contribution in [1.29, 1.82) is 5.41 Å². The predicted molar refractivity (Wildman–Crippen MR) is 89.1 cm³/mol. The van der Waals surface area contributed by atoms with Crippen molar-refractivity contribution in [2.75, 3.05) is 4.72 Å². The summed E-state index contributed by atoms with van der Waals surface area (Å²) in [7, 11) is 0. The molecule has 1 aromatic carbocycles. The molecular formula is C14H12BrF3N4S. The fraction of sp³-hybridized carbons (Fsp3) is 0.143. The second kappa shape index (κ2) is 7.80. The van der Waals surface area contributed by atoms with E-state index in [-0.39, 0.29) is 24.4 Å². The highest BCUT2D eigenvalue weighted by molar-refractivity contribution is 9.10. The maximum absolute atomic E-state index is 13.2. The molecule has 1 aromatic heterocycles. The predicted octanol–water partition coefficient (Wildman–Crippen LogP) is 4.31. The molecule has 0 saturated heterocycles. The highest BCUT2D eigenvalue weighted by Gasteiger charge is 2.17. The van der Waals surface area contributed by atoms with E-state index in [0.717, 1.165) is 12.3 Å². The maximum Gasteiger partial charge on any atom is 0.162 e. The van der Waals surface area contributed by atoms with Gasteiger partial charge in [0, 0.05) is 16.8 Å². The van der Waals surface area contributed by atoms with Gasteiger partial charge in [-0.05, 0) is 46.1 Å². The Bertz CT molecular complexity index is 709. The Morgan fingerprint density at radius 1 is 1.30 bits per heavy atom. The van der Waals surface area contributed by atoms with Crippen LogP contribution in [-0.4, -0.2) is 11.2 Å². The minimum Gasteiger partial charge on any atom is -0.322 e. The fourth-order valence-electron chi connectivity index (χ4n) is 2.09. The van der Waals surface area contributed by atoms with Crippen LogP contribution in [0.1, 0.15) is 23.0 Å². The lowest BCUT2D eigenvalue weighted by molar-refractivity contribution is 0.575. The van der Waals surface area contributed by atoms with Gasteiger partial charge in [0.05, 0.1) is 17.4 Å². The van der Waals surface area contributed by atoms with E-state index in [2.05, 4.69) is 25.6 Å². The molecule has 23 heavy (non-hydrogen) atoms. The molecule has 2 aromatic rings. The molecule has 0 aliphatic heterocycles. The van der Waals surface area contributed by atoms with Crippen molar-refractivity contribution >= 4 is 40.2 Å². The van der Waals surface area contributed by atoms with Gasteiger partial charge in [0.2, 0.25) is 0 Å². The van der Waals surface area contributed by atoms with E-state index in [0.29, 0.717) is 21.4 Å². The molecule has 0 aliphatic carbocycles. The number of aromatic nitrogens is 1. The lowest BCUT2D eigenvalue weighted by atomic mass is 10.0. The van der Waals surface area contributed by atoms with Gasteiger partial charge in [-0.3, -0.25) is 0 Å². The molecule has 0 amide bonds. The van der Waals surface area contributed by atoms with Crippen molar-refractivity contribution in [1.82, 2.24) is 4.98 Å². The number of nitrogens with one attached hydrogen (secondary N) is 2. The Kier molecular flexibility index (Phi) is 6.03. The Morgan fingerprint density at radius 2 is 1.96 bits per heavy atom. The third-order valence-corrected chi connectivity index (χ3v) is 3.98. The minimum absolute atomic E-state index is 0.116. The van der Waals surface area contributed by atoms with Gasteiger partial charge in [0.1, 0.15) is 17.3 Å². The highest BCUT2D eigenvalue weighted by atomic mass is 79.9. The lowest BCUT2D eigenvalue weighted by Gasteiger charge is -2.16. The zero-order valence-corrected chi connectivity index (χ0v) is 14.0. The van der Waals surface area contributed by atoms with E-state index in [1.165, 1.54) is 12.1 Å². The van der Waals surface area contributed by atoms with Crippen LogP contribution in [0.25, 0.3) is 0 Å². The first-order valence-corrected chi connectivity index (χ1v) is 7.90. The van der Waals surface area contributed by atoms with Gasteiger partial charge in [-0.2, -0.15) is 0 Å². The molecule has 1 atom stereocenters. The molecular weight excluding hydrogens is 393 g/mol. The number of nitrogens with two attached hydrogens (primary N) is 1. The highest BCUT2D eigenvalue weighted by Crippen LogP contribution is 2.29. The van der Waals surface area contributed by atoms with Crippen molar-refractivity contribution in [3.05, 3.63) is 57.3 Å². The Balaban J connectivity index is 2.31. The first kappa shape index (κ1) is 17.8. The molecule has 4 N–H and O–H groups in total. The standard InChI is InChI=1S/C14H12BrF3N4S/c15-10-5-12(22-23-18)13(6-19)21-14(10)11(20)3-7-1-8(16)4-9(17)2-7/h1-2,4-6,11,19,22H,3,20H2. The van der Waals surface area contributed by atoms with Gasteiger partial charge in [-0.1, -0.05) is 0 Å². The number of halogens is 4. The van der Waals surface area contributed by atoms with E-state index >= 15 is 0 Å². The number of anilines is 1. The molecule has 1 heterocycles. The van der Waals surface area contributed by atoms with E-state index in [9.17, 15) is 12.7 Å². The first-order chi connectivity index (χ1) is 10.9. The van der Waals surface area contributed by atoms with Crippen molar-refractivity contribution in [3.63, 3.8) is 0 Å². The second-order valence-electron chi connectivity index (χ2n) is 4.70. The Labute approximate surface area is 143 Å². The van der Waals surface area contributed by atoms with Crippen molar-refractivity contribution in [2.45, 2.75) is 12.5 Å². The molecule has 0 bridgehead atoms. The monoisotopic (exact) mass is 404 g/mol. The third-order valence-electron chi connectivity index (χ3n) is 3.05. The second-order valence-corrected chi connectivity index (χ2v) is 5.91. The SMILES string of the molecule is N=Cc1nc(C(N)Cc2cc(F)cc(F)c2)c(Br)cc1NSF. The molecule has 9 heteroatoms. The third kappa shape index (κ3) is 4.46. The lowest BCUT2D eigenvalue weighted by Crippen LogP contribution is -2.17. The van der Waals surface area contributed by atoms with Crippen molar-refractivity contribution < 1.29 is 12.7 Å². The minimum atomic E-state index is -0.682. The van der Waals surface area contributed by atoms with Crippen LogP contribution in [0.2, 0.25) is 0 Å². The molecule has 1 unspecified atom stereocenters. The normalized spacial score (nSPS) is 12.0. The van der Waals surface area contributed by atoms with E-state index in [1.54, 1.807) is 6.07 Å². The van der Waals surface area contributed by atoms with E-state index < -0.39 is 17.7 Å². The van der Waals surface area contributed by atoms with E-state index in [1.807, 2.05) is 0 Å². The summed E-state index contributed by atoms with van der Waals surface area (Å²) < 4.78 is 41.7. The summed E-state index contributed by atoms with van der Waals surface area (Å²) in [5.41, 5.74) is 7.37. The number of hydrogen-bond donors (Lipinski definition) is 3. The summed E-state index contributed by atoms with van der Waals surface area (Å²) in [5, 5.41) is 7.33. The van der Waals surface area contributed by atoms with Gasteiger partial charge in [-0.15, -0.1) is 3.89 Å². The van der Waals surface area contributed by atoms with Crippen molar-refractivity contribution in [2.24, 2.45) is 5.73 Å². The summed E-state index contributed by atoms with van der Waals surface area (Å²) in [6.45, 7) is 0. The maximum atomic E-state index is 13.2. The number of hydrogen-bond acceptors (Lipinski definition) is 5. The molecule has 4 nitrogen and oxygen atoms in total. The number of rotatable bonds is 6. The smallest absolute Gasteiger partial charge is 0.162 e. The van der Waals surface area contributed by atoms with Crippen LogP contribution < -0.4 is 10.5 Å². The van der Waals surface area contributed by atoms with Crippen molar-refractivity contribution in [3.8, 4) is 0 Å². The van der Waals surface area contributed by atoms with Gasteiger partial charge in [0.15, 0.2) is 12.3 Å². The molecule has 0 saturated carbocycles. The van der Waals surface area contributed by atoms with Crippen LogP contribution in [0, 0.1) is 17.0 Å². The fourth-order valence-corrected chi connectivity index (χ4v) is 2.95. The summed E-state index contributed by atoms with van der Waals surface area (Å²) in [5.74, 6) is -1.36. The van der Waals surface area contributed by atoms with Crippen LogP contribution >= 0.6 is 28.3 Å². The molecule has 0 fully saturated rings. The van der Waals surface area contributed by atoms with Gasteiger partial charge in [-0.25, -0.2) is 13.8 Å². The number of pyridine rings is 1. The zero-order valence-electron chi connectivity index (χ0n) is 11.6. The Hall–Kier alpha value is -1.58. The average Bonchev–Trinajstić information content (AvgIpc) is 2.46. The molecule has 2 rings (SSSR count). The molecule has 0 spiro atoms. The van der Waals surface area contributed by atoms with Gasteiger partial charge >= 0.3 is 0 Å². The van der Waals surface area contributed by atoms with E-state index in [4.69, 9.17) is 11.1 Å². The average molecular weight is 405 g/mol. The van der Waals surface area contributed by atoms with Crippen LogP contribution in [0.5, 0.6) is 0 Å². The zero-order chi connectivity index (χ0) is 17.0. The summed E-state index contributed by atoms with van der Waals surface area (Å²) in [6.07, 6.45) is 1.12. The van der Waals surface area contributed by atoms with Gasteiger partial charge < -0.3 is 15.9 Å². The molecule has 122 valence electrons. The largest absolute Gasteiger partial charge is 0.322 e. The quantitative estimate of drug-likeness (QED) is 0.495. The van der Waals surface area contributed by atoms with Crippen LogP contribution in [0.4, 0.5) is 18.4 Å².